The fourth-order valence-corrected chi connectivity index (χ4v) is 2.32. The van der Waals surface area contributed by atoms with Crippen LogP contribution in [0.2, 0.25) is 0 Å². The third kappa shape index (κ3) is 4.53. The molecule has 9 nitrogen and oxygen atoms in total. The van der Waals surface area contributed by atoms with Crippen molar-refractivity contribution in [3.8, 4) is 5.75 Å². The number of benzene rings is 1. The molecule has 0 saturated heterocycles. The minimum absolute atomic E-state index is 0.0174. The maximum absolute atomic E-state index is 12.3. The predicted molar refractivity (Wildman–Crippen MR) is 90.9 cm³/mol. The minimum Gasteiger partial charge on any atom is -0.490 e. The Morgan fingerprint density at radius 1 is 1.31 bits per heavy atom. The Kier molecular flexibility index (Phi) is 6.20. The zero-order valence-corrected chi connectivity index (χ0v) is 14.2. The van der Waals surface area contributed by atoms with Crippen molar-refractivity contribution in [1.29, 1.82) is 0 Å². The Hall–Kier alpha value is -3.49. The lowest BCUT2D eigenvalue weighted by Crippen LogP contribution is -2.43. The molecule has 136 valence electrons. The molecule has 1 heterocycles. The number of carbonyl (C=O) groups excluding carboxylic acids is 2. The first-order valence-corrected chi connectivity index (χ1v) is 7.56. The summed E-state index contributed by atoms with van der Waals surface area (Å²) >= 11 is 0. The smallest absolute Gasteiger partial charge is 0.328 e. The van der Waals surface area contributed by atoms with Crippen molar-refractivity contribution in [2.75, 3.05) is 14.2 Å². The van der Waals surface area contributed by atoms with E-state index in [1.54, 1.807) is 18.2 Å². The monoisotopic (exact) mass is 359 g/mol. The number of pyridine rings is 1. The molecule has 0 unspecified atom stereocenters. The van der Waals surface area contributed by atoms with E-state index in [0.29, 0.717) is 5.56 Å². The van der Waals surface area contributed by atoms with Crippen molar-refractivity contribution < 1.29 is 24.0 Å². The Balaban J connectivity index is 2.23. The number of hydrogen-bond acceptors (Lipinski definition) is 7. The summed E-state index contributed by atoms with van der Waals surface area (Å²) < 4.78 is 9.66. The van der Waals surface area contributed by atoms with Gasteiger partial charge in [-0.2, -0.15) is 0 Å². The number of ether oxygens (including phenoxy) is 2. The zero-order chi connectivity index (χ0) is 19.1. The van der Waals surface area contributed by atoms with Gasteiger partial charge in [-0.3, -0.25) is 19.9 Å². The molecule has 1 aromatic carbocycles. The summed E-state index contributed by atoms with van der Waals surface area (Å²) in [5.41, 5.74) is 0.522. The maximum Gasteiger partial charge on any atom is 0.328 e. The van der Waals surface area contributed by atoms with Crippen LogP contribution in [0.3, 0.4) is 0 Å². The Morgan fingerprint density at radius 3 is 2.65 bits per heavy atom. The van der Waals surface area contributed by atoms with Crippen LogP contribution in [0.15, 0.2) is 42.7 Å². The van der Waals surface area contributed by atoms with Crippen LogP contribution >= 0.6 is 0 Å². The number of hydrogen-bond donors (Lipinski definition) is 1. The number of carbonyl (C=O) groups is 2. The number of esters is 1. The number of nitrogens with zero attached hydrogens (tertiary/aromatic N) is 2. The first-order valence-electron chi connectivity index (χ1n) is 7.56. The van der Waals surface area contributed by atoms with Crippen molar-refractivity contribution in [2.45, 2.75) is 12.5 Å². The van der Waals surface area contributed by atoms with Gasteiger partial charge in [0.05, 0.1) is 24.7 Å². The molecule has 1 amide bonds. The third-order valence-electron chi connectivity index (χ3n) is 3.59. The molecule has 2 aromatic rings. The van der Waals surface area contributed by atoms with Crippen LogP contribution in [0.5, 0.6) is 5.75 Å². The molecule has 1 aromatic heterocycles. The fraction of sp³-hybridized carbons (Fsp3) is 0.235. The highest BCUT2D eigenvalue weighted by atomic mass is 16.6. The van der Waals surface area contributed by atoms with Gasteiger partial charge in [0.15, 0.2) is 5.75 Å². The maximum atomic E-state index is 12.3. The summed E-state index contributed by atoms with van der Waals surface area (Å²) in [6.45, 7) is 0. The summed E-state index contributed by atoms with van der Waals surface area (Å²) in [5.74, 6) is -1.06. The van der Waals surface area contributed by atoms with Gasteiger partial charge in [0, 0.05) is 24.9 Å². The second-order valence-electron chi connectivity index (χ2n) is 5.26. The van der Waals surface area contributed by atoms with Crippen molar-refractivity contribution in [2.24, 2.45) is 0 Å². The number of aromatic nitrogens is 1. The Labute approximate surface area is 149 Å². The summed E-state index contributed by atoms with van der Waals surface area (Å²) in [7, 11) is 2.52. The largest absolute Gasteiger partial charge is 0.490 e. The van der Waals surface area contributed by atoms with E-state index in [0.717, 1.165) is 0 Å². The standard InChI is InChI=1S/C17H17N3O6/c1-25-15-6-5-11(9-14(15)20(23)24)8-13(17(22)26-2)19-16(21)12-4-3-7-18-10-12/h3-7,9-10,13H,8H2,1-2H3,(H,19,21)/t13-/m1/s1. The lowest BCUT2D eigenvalue weighted by molar-refractivity contribution is -0.385. The summed E-state index contributed by atoms with van der Waals surface area (Å²) in [4.78, 5) is 38.7. The second kappa shape index (κ2) is 8.56. The van der Waals surface area contributed by atoms with Crippen molar-refractivity contribution in [3.05, 3.63) is 64.0 Å². The lowest BCUT2D eigenvalue weighted by atomic mass is 10.0. The van der Waals surface area contributed by atoms with Crippen LogP contribution in [0, 0.1) is 10.1 Å². The Bertz CT molecular complexity index is 809. The zero-order valence-electron chi connectivity index (χ0n) is 14.2. The van der Waals surface area contributed by atoms with Gasteiger partial charge < -0.3 is 14.8 Å². The van der Waals surface area contributed by atoms with E-state index in [4.69, 9.17) is 9.47 Å². The van der Waals surface area contributed by atoms with Crippen LogP contribution < -0.4 is 10.1 Å². The fourth-order valence-electron chi connectivity index (χ4n) is 2.32. The molecule has 1 atom stereocenters. The summed E-state index contributed by atoms with van der Waals surface area (Å²) in [6, 6.07) is 6.44. The number of methoxy groups -OCH3 is 2. The molecule has 0 bridgehead atoms. The summed E-state index contributed by atoms with van der Waals surface area (Å²) in [6.07, 6.45) is 2.90. The van der Waals surface area contributed by atoms with Crippen LogP contribution in [0.1, 0.15) is 15.9 Å². The van der Waals surface area contributed by atoms with E-state index in [-0.39, 0.29) is 23.4 Å². The lowest BCUT2D eigenvalue weighted by Gasteiger charge is -2.17. The van der Waals surface area contributed by atoms with Crippen LogP contribution in [-0.2, 0) is 16.0 Å². The molecule has 9 heteroatoms. The molecule has 0 spiro atoms. The van der Waals surface area contributed by atoms with E-state index >= 15 is 0 Å². The van der Waals surface area contributed by atoms with Crippen LogP contribution in [0.4, 0.5) is 5.69 Å². The van der Waals surface area contributed by atoms with E-state index in [1.807, 2.05) is 0 Å². The first-order chi connectivity index (χ1) is 12.5. The number of nitro benzene ring substituents is 1. The third-order valence-corrected chi connectivity index (χ3v) is 3.59. The van der Waals surface area contributed by atoms with Crippen molar-refractivity contribution >= 4 is 17.6 Å². The van der Waals surface area contributed by atoms with Crippen molar-refractivity contribution in [1.82, 2.24) is 10.3 Å². The molecule has 0 aliphatic rings. The molecule has 0 radical (unpaired) electrons. The normalized spacial score (nSPS) is 11.3. The molecule has 2 rings (SSSR count). The number of rotatable bonds is 7. The van der Waals surface area contributed by atoms with Crippen LogP contribution in [-0.4, -0.2) is 42.0 Å². The van der Waals surface area contributed by atoms with Gasteiger partial charge in [0.2, 0.25) is 0 Å². The van der Waals surface area contributed by atoms with Gasteiger partial charge in [-0.25, -0.2) is 4.79 Å². The molecule has 0 saturated carbocycles. The van der Waals surface area contributed by atoms with E-state index in [2.05, 4.69) is 10.3 Å². The highest BCUT2D eigenvalue weighted by Crippen LogP contribution is 2.28. The molecule has 0 aliphatic heterocycles. The van der Waals surface area contributed by atoms with Crippen molar-refractivity contribution in [3.63, 3.8) is 0 Å². The average molecular weight is 359 g/mol. The summed E-state index contributed by atoms with van der Waals surface area (Å²) in [5, 5.41) is 13.7. The highest BCUT2D eigenvalue weighted by molar-refractivity contribution is 5.96. The van der Waals surface area contributed by atoms with Gasteiger partial charge in [-0.15, -0.1) is 0 Å². The first kappa shape index (κ1) is 18.8. The number of amides is 1. The van der Waals surface area contributed by atoms with Gasteiger partial charge in [-0.05, 0) is 23.8 Å². The second-order valence-corrected chi connectivity index (χ2v) is 5.26. The van der Waals surface area contributed by atoms with Crippen LogP contribution in [0.25, 0.3) is 0 Å². The van der Waals surface area contributed by atoms with Gasteiger partial charge in [0.1, 0.15) is 6.04 Å². The molecular weight excluding hydrogens is 342 g/mol. The topological polar surface area (TPSA) is 121 Å². The molecule has 26 heavy (non-hydrogen) atoms. The average Bonchev–Trinajstić information content (AvgIpc) is 2.67. The molecular formula is C17H17N3O6. The SMILES string of the molecule is COC(=O)[C@@H](Cc1ccc(OC)c([N+](=O)[O-])c1)NC(=O)c1cccnc1. The highest BCUT2D eigenvalue weighted by Gasteiger charge is 2.24. The van der Waals surface area contributed by atoms with E-state index < -0.39 is 22.8 Å². The number of nitrogens with one attached hydrogen (secondary N) is 1. The van der Waals surface area contributed by atoms with E-state index in [1.165, 1.54) is 38.7 Å². The Morgan fingerprint density at radius 2 is 2.08 bits per heavy atom. The quantitative estimate of drug-likeness (QED) is 0.452. The minimum atomic E-state index is -1.01. The number of nitro groups is 1. The molecule has 0 aliphatic carbocycles. The van der Waals surface area contributed by atoms with Gasteiger partial charge in [-0.1, -0.05) is 6.07 Å². The molecule has 1 N–H and O–H groups in total. The predicted octanol–water partition coefficient (Wildman–Crippen LogP) is 1.51. The molecule has 0 fully saturated rings. The van der Waals surface area contributed by atoms with E-state index in [9.17, 15) is 19.7 Å². The van der Waals surface area contributed by atoms with Gasteiger partial charge >= 0.3 is 11.7 Å². The van der Waals surface area contributed by atoms with Gasteiger partial charge in [0.25, 0.3) is 5.91 Å².